The highest BCUT2D eigenvalue weighted by molar-refractivity contribution is 5.94. The molecule has 0 aliphatic carbocycles. The van der Waals surface area contributed by atoms with Crippen molar-refractivity contribution in [1.29, 1.82) is 5.26 Å². The maximum atomic E-state index is 11.9. The van der Waals surface area contributed by atoms with Gasteiger partial charge in [0.1, 0.15) is 0 Å². The van der Waals surface area contributed by atoms with E-state index in [0.29, 0.717) is 24.0 Å². The van der Waals surface area contributed by atoms with Crippen LogP contribution in [0.15, 0.2) is 24.3 Å². The van der Waals surface area contributed by atoms with Crippen LogP contribution in [-0.4, -0.2) is 23.0 Å². The molecular formula is C17H20N2O5. The quantitative estimate of drug-likeness (QED) is 0.581. The van der Waals surface area contributed by atoms with Crippen LogP contribution < -0.4 is 5.48 Å². The van der Waals surface area contributed by atoms with Gasteiger partial charge in [0.2, 0.25) is 0 Å². The number of nitrogens with one attached hydrogen (secondary N) is 1. The third-order valence-electron chi connectivity index (χ3n) is 3.71. The lowest BCUT2D eigenvalue weighted by Crippen LogP contribution is -2.37. The van der Waals surface area contributed by atoms with Crippen LogP contribution in [0.5, 0.6) is 0 Å². The molecular weight excluding hydrogens is 312 g/mol. The number of hydroxylamine groups is 1. The van der Waals surface area contributed by atoms with E-state index in [-0.39, 0.29) is 12.3 Å². The monoisotopic (exact) mass is 332 g/mol. The standard InChI is InChI=1S/C17H20N2O5/c1-3-13(4-2)15(20)19-24-17(23)14(16(21)22)9-11-5-7-12(10-18)8-6-11/h5-8,13-14H,3-4,9H2,1-2H3,(H,19,20)(H,21,22). The van der Waals surface area contributed by atoms with Crippen LogP contribution in [0.1, 0.15) is 37.8 Å². The summed E-state index contributed by atoms with van der Waals surface area (Å²) in [6.45, 7) is 3.67. The summed E-state index contributed by atoms with van der Waals surface area (Å²) in [7, 11) is 0. The summed E-state index contributed by atoms with van der Waals surface area (Å²) >= 11 is 0. The Balaban J connectivity index is 2.70. The molecule has 0 heterocycles. The number of carbonyl (C=O) groups is 3. The molecule has 24 heavy (non-hydrogen) atoms. The van der Waals surface area contributed by atoms with Crippen LogP contribution in [-0.2, 0) is 25.6 Å². The Kier molecular flexibility index (Phi) is 7.43. The molecule has 0 aliphatic heterocycles. The number of hydrogen-bond donors (Lipinski definition) is 2. The topological polar surface area (TPSA) is 116 Å². The highest BCUT2D eigenvalue weighted by atomic mass is 16.7. The van der Waals surface area contributed by atoms with Crippen molar-refractivity contribution in [2.75, 3.05) is 0 Å². The second-order valence-corrected chi connectivity index (χ2v) is 5.30. The predicted octanol–water partition coefficient (Wildman–Crippen LogP) is 1.81. The number of aliphatic carboxylic acids is 1. The van der Waals surface area contributed by atoms with E-state index >= 15 is 0 Å². The van der Waals surface area contributed by atoms with Gasteiger partial charge in [-0.05, 0) is 37.0 Å². The van der Waals surface area contributed by atoms with E-state index in [0.717, 1.165) is 0 Å². The molecule has 1 aromatic carbocycles. The normalized spacial score (nSPS) is 11.4. The van der Waals surface area contributed by atoms with E-state index in [2.05, 4.69) is 4.84 Å². The SMILES string of the molecule is CCC(CC)C(=O)NOC(=O)C(Cc1ccc(C#N)cc1)C(=O)O. The van der Waals surface area contributed by atoms with Gasteiger partial charge in [-0.3, -0.25) is 9.59 Å². The minimum absolute atomic E-state index is 0.0965. The molecule has 2 N–H and O–H groups in total. The maximum absolute atomic E-state index is 11.9. The zero-order chi connectivity index (χ0) is 18.1. The van der Waals surface area contributed by atoms with Gasteiger partial charge in [-0.1, -0.05) is 26.0 Å². The Labute approximate surface area is 140 Å². The first kappa shape index (κ1) is 19.2. The van der Waals surface area contributed by atoms with E-state index < -0.39 is 23.8 Å². The maximum Gasteiger partial charge on any atom is 0.346 e. The van der Waals surface area contributed by atoms with E-state index in [1.165, 1.54) is 12.1 Å². The van der Waals surface area contributed by atoms with Crippen LogP contribution in [0.4, 0.5) is 0 Å². The first-order valence-electron chi connectivity index (χ1n) is 7.65. The molecule has 1 unspecified atom stereocenters. The fraction of sp³-hybridized carbons (Fsp3) is 0.412. The average molecular weight is 332 g/mol. The third-order valence-corrected chi connectivity index (χ3v) is 3.71. The molecule has 1 rings (SSSR count). The van der Waals surface area contributed by atoms with Gasteiger partial charge in [0.25, 0.3) is 5.91 Å². The van der Waals surface area contributed by atoms with Gasteiger partial charge in [0.15, 0.2) is 5.92 Å². The molecule has 0 aliphatic rings. The average Bonchev–Trinajstić information content (AvgIpc) is 2.58. The number of carboxylic acids is 1. The minimum atomic E-state index is -1.44. The van der Waals surface area contributed by atoms with Gasteiger partial charge in [-0.25, -0.2) is 4.79 Å². The Bertz CT molecular complexity index is 629. The van der Waals surface area contributed by atoms with Gasteiger partial charge < -0.3 is 9.94 Å². The summed E-state index contributed by atoms with van der Waals surface area (Å²) in [5.41, 5.74) is 3.04. The van der Waals surface area contributed by atoms with Crippen molar-refractivity contribution >= 4 is 17.8 Å². The van der Waals surface area contributed by atoms with Gasteiger partial charge in [-0.2, -0.15) is 10.7 Å². The highest BCUT2D eigenvalue weighted by Crippen LogP contribution is 2.13. The fourth-order valence-electron chi connectivity index (χ4n) is 2.14. The summed E-state index contributed by atoms with van der Waals surface area (Å²) in [4.78, 5) is 39.7. The van der Waals surface area contributed by atoms with Gasteiger partial charge in [0.05, 0.1) is 11.6 Å². The van der Waals surface area contributed by atoms with Crippen molar-refractivity contribution in [3.05, 3.63) is 35.4 Å². The van der Waals surface area contributed by atoms with Gasteiger partial charge in [0, 0.05) is 5.92 Å². The zero-order valence-electron chi connectivity index (χ0n) is 13.6. The largest absolute Gasteiger partial charge is 0.481 e. The lowest BCUT2D eigenvalue weighted by atomic mass is 9.99. The molecule has 0 saturated heterocycles. The number of benzene rings is 1. The number of carboxylic acid groups (broad SMARTS) is 1. The van der Waals surface area contributed by atoms with Crippen molar-refractivity contribution in [2.24, 2.45) is 11.8 Å². The second-order valence-electron chi connectivity index (χ2n) is 5.30. The molecule has 0 bridgehead atoms. The zero-order valence-corrected chi connectivity index (χ0v) is 13.6. The first-order valence-corrected chi connectivity index (χ1v) is 7.65. The Morgan fingerprint density at radius 2 is 1.79 bits per heavy atom. The molecule has 1 aromatic rings. The number of amides is 1. The molecule has 0 aromatic heterocycles. The summed E-state index contributed by atoms with van der Waals surface area (Å²) in [6, 6.07) is 8.17. The second kappa shape index (κ2) is 9.30. The minimum Gasteiger partial charge on any atom is -0.481 e. The molecule has 7 nitrogen and oxygen atoms in total. The van der Waals surface area contributed by atoms with Crippen LogP contribution in [0, 0.1) is 23.2 Å². The first-order chi connectivity index (χ1) is 11.4. The predicted molar refractivity (Wildman–Crippen MR) is 84.3 cm³/mol. The summed E-state index contributed by atoms with van der Waals surface area (Å²) < 4.78 is 0. The number of rotatable bonds is 7. The molecule has 128 valence electrons. The molecule has 1 atom stereocenters. The molecule has 0 saturated carbocycles. The van der Waals surface area contributed by atoms with E-state index in [1.54, 1.807) is 12.1 Å². The van der Waals surface area contributed by atoms with Gasteiger partial charge >= 0.3 is 11.9 Å². The lowest BCUT2D eigenvalue weighted by Gasteiger charge is -2.15. The number of hydrogen-bond acceptors (Lipinski definition) is 5. The molecule has 0 fully saturated rings. The molecule has 1 amide bonds. The third kappa shape index (κ3) is 5.39. The van der Waals surface area contributed by atoms with Crippen molar-refractivity contribution < 1.29 is 24.3 Å². The summed E-state index contributed by atoms with van der Waals surface area (Å²) in [5.74, 6) is -4.57. The van der Waals surface area contributed by atoms with Crippen LogP contribution in [0.2, 0.25) is 0 Å². The van der Waals surface area contributed by atoms with Crippen molar-refractivity contribution in [1.82, 2.24) is 5.48 Å². The number of carbonyl (C=O) groups excluding carboxylic acids is 2. The highest BCUT2D eigenvalue weighted by Gasteiger charge is 2.29. The van der Waals surface area contributed by atoms with Crippen LogP contribution >= 0.6 is 0 Å². The Hall–Kier alpha value is -2.88. The summed E-state index contributed by atoms with van der Waals surface area (Å²) in [5, 5.41) is 17.9. The van der Waals surface area contributed by atoms with Crippen LogP contribution in [0.25, 0.3) is 0 Å². The van der Waals surface area contributed by atoms with E-state index in [9.17, 15) is 19.5 Å². The molecule has 0 spiro atoms. The smallest absolute Gasteiger partial charge is 0.346 e. The summed E-state index contributed by atoms with van der Waals surface area (Å²) in [6.07, 6.45) is 1.09. The molecule has 7 heteroatoms. The van der Waals surface area contributed by atoms with E-state index in [1.807, 2.05) is 25.4 Å². The lowest BCUT2D eigenvalue weighted by molar-refractivity contribution is -0.169. The van der Waals surface area contributed by atoms with E-state index in [4.69, 9.17) is 5.26 Å². The number of nitriles is 1. The van der Waals surface area contributed by atoms with Gasteiger partial charge in [-0.15, -0.1) is 0 Å². The van der Waals surface area contributed by atoms with Crippen molar-refractivity contribution in [3.8, 4) is 6.07 Å². The Morgan fingerprint density at radius 1 is 1.21 bits per heavy atom. The fourth-order valence-corrected chi connectivity index (χ4v) is 2.14. The Morgan fingerprint density at radius 3 is 2.25 bits per heavy atom. The van der Waals surface area contributed by atoms with Crippen molar-refractivity contribution in [3.63, 3.8) is 0 Å². The van der Waals surface area contributed by atoms with Crippen molar-refractivity contribution in [2.45, 2.75) is 33.1 Å². The van der Waals surface area contributed by atoms with Crippen LogP contribution in [0.3, 0.4) is 0 Å². The number of nitrogens with zero attached hydrogens (tertiary/aromatic N) is 1. The molecule has 0 radical (unpaired) electrons.